The van der Waals surface area contributed by atoms with Crippen LogP contribution < -0.4 is 10.7 Å². The van der Waals surface area contributed by atoms with Crippen LogP contribution in [0.25, 0.3) is 0 Å². The van der Waals surface area contributed by atoms with Gasteiger partial charge < -0.3 is 10.1 Å². The monoisotopic (exact) mass is 217 g/mol. The van der Waals surface area contributed by atoms with Crippen molar-refractivity contribution in [2.45, 2.75) is 39.3 Å². The summed E-state index contributed by atoms with van der Waals surface area (Å²) in [5.74, 6) is 0. The van der Waals surface area contributed by atoms with Crippen molar-refractivity contribution in [1.82, 2.24) is 15.8 Å². The molecular formula is C10H23N3O2. The predicted molar refractivity (Wildman–Crippen MR) is 60.5 cm³/mol. The van der Waals surface area contributed by atoms with Crippen molar-refractivity contribution in [3.8, 4) is 0 Å². The third-order valence-electron chi connectivity index (χ3n) is 1.43. The second-order valence-electron chi connectivity index (χ2n) is 4.81. The number of carbonyl (C=O) groups is 1. The van der Waals surface area contributed by atoms with Crippen LogP contribution in [-0.4, -0.2) is 43.4 Å². The second kappa shape index (κ2) is 5.92. The van der Waals surface area contributed by atoms with E-state index in [4.69, 9.17) is 4.74 Å². The third kappa shape index (κ3) is 9.49. The molecule has 5 nitrogen and oxygen atoms in total. The van der Waals surface area contributed by atoms with E-state index >= 15 is 0 Å². The summed E-state index contributed by atoms with van der Waals surface area (Å²) in [6, 6.07) is 0.174. The lowest BCUT2D eigenvalue weighted by atomic mass is 10.2. The largest absolute Gasteiger partial charge is 0.444 e. The quantitative estimate of drug-likeness (QED) is 0.689. The number of nitrogens with zero attached hydrogens (tertiary/aromatic N) is 1. The van der Waals surface area contributed by atoms with Crippen molar-refractivity contribution < 1.29 is 9.53 Å². The zero-order valence-corrected chi connectivity index (χ0v) is 10.5. The number of carbonyl (C=O) groups excluding carboxylic acids is 1. The molecule has 0 spiro atoms. The Hall–Kier alpha value is -0.810. The Morgan fingerprint density at radius 2 is 1.93 bits per heavy atom. The van der Waals surface area contributed by atoms with Gasteiger partial charge in [0, 0.05) is 26.7 Å². The fourth-order valence-corrected chi connectivity index (χ4v) is 1.04. The Bertz CT molecular complexity index is 199. The lowest BCUT2D eigenvalue weighted by molar-refractivity contribution is 0.0518. The van der Waals surface area contributed by atoms with Crippen LogP contribution in [0.1, 0.15) is 27.7 Å². The van der Waals surface area contributed by atoms with Gasteiger partial charge in [-0.15, -0.1) is 0 Å². The van der Waals surface area contributed by atoms with Crippen molar-refractivity contribution in [1.29, 1.82) is 0 Å². The fraction of sp³-hybridized carbons (Fsp3) is 0.900. The number of hydrogen-bond acceptors (Lipinski definition) is 4. The molecule has 0 saturated heterocycles. The number of amides is 1. The van der Waals surface area contributed by atoms with Crippen LogP contribution >= 0.6 is 0 Å². The van der Waals surface area contributed by atoms with E-state index in [1.54, 1.807) is 0 Å². The minimum atomic E-state index is -0.442. The molecule has 0 saturated carbocycles. The van der Waals surface area contributed by atoms with E-state index in [0.717, 1.165) is 0 Å². The highest BCUT2D eigenvalue weighted by molar-refractivity contribution is 5.67. The SMILES string of the molecule is CC(CNC(=O)OC(C)(C)C)NN(C)C. The van der Waals surface area contributed by atoms with E-state index in [2.05, 4.69) is 10.7 Å². The molecule has 0 bridgehead atoms. The first-order chi connectivity index (χ1) is 6.70. The molecule has 0 radical (unpaired) electrons. The van der Waals surface area contributed by atoms with E-state index < -0.39 is 5.60 Å². The molecule has 0 aromatic carbocycles. The number of alkyl carbamates (subject to hydrolysis) is 1. The van der Waals surface area contributed by atoms with E-state index in [1.165, 1.54) is 0 Å². The summed E-state index contributed by atoms with van der Waals surface area (Å²) < 4.78 is 5.10. The summed E-state index contributed by atoms with van der Waals surface area (Å²) in [7, 11) is 3.81. The number of hydrogen-bond donors (Lipinski definition) is 2. The van der Waals surface area contributed by atoms with Crippen LogP contribution in [0.5, 0.6) is 0 Å². The van der Waals surface area contributed by atoms with Gasteiger partial charge in [0.1, 0.15) is 5.60 Å². The molecule has 0 aliphatic carbocycles. The molecule has 5 heteroatoms. The Morgan fingerprint density at radius 1 is 1.40 bits per heavy atom. The van der Waals surface area contributed by atoms with Gasteiger partial charge in [0.2, 0.25) is 0 Å². The molecule has 90 valence electrons. The zero-order valence-electron chi connectivity index (χ0n) is 10.5. The first-order valence-corrected chi connectivity index (χ1v) is 5.11. The number of nitrogens with one attached hydrogen (secondary N) is 2. The van der Waals surface area contributed by atoms with Crippen molar-refractivity contribution in [2.24, 2.45) is 0 Å². The molecule has 1 unspecified atom stereocenters. The highest BCUT2D eigenvalue weighted by atomic mass is 16.6. The zero-order chi connectivity index (χ0) is 12.1. The van der Waals surface area contributed by atoms with Crippen molar-refractivity contribution in [3.63, 3.8) is 0 Å². The summed E-state index contributed by atoms with van der Waals surface area (Å²) in [5, 5.41) is 4.54. The maximum atomic E-state index is 11.3. The number of hydrazine groups is 1. The molecule has 0 aromatic heterocycles. The van der Waals surface area contributed by atoms with Gasteiger partial charge in [0.25, 0.3) is 0 Å². The topological polar surface area (TPSA) is 53.6 Å². The summed E-state index contributed by atoms with van der Waals surface area (Å²) in [4.78, 5) is 11.3. The Morgan fingerprint density at radius 3 is 2.33 bits per heavy atom. The van der Waals surface area contributed by atoms with Crippen LogP contribution in [0.3, 0.4) is 0 Å². The molecule has 0 aromatic rings. The average molecular weight is 217 g/mol. The Kier molecular flexibility index (Phi) is 5.60. The van der Waals surface area contributed by atoms with Gasteiger partial charge in [-0.1, -0.05) is 0 Å². The number of ether oxygens (including phenoxy) is 1. The lowest BCUT2D eigenvalue weighted by Gasteiger charge is -2.22. The van der Waals surface area contributed by atoms with Crippen LogP contribution in [0.4, 0.5) is 4.79 Å². The summed E-state index contributed by atoms with van der Waals surface area (Å²) >= 11 is 0. The van der Waals surface area contributed by atoms with Crippen molar-refractivity contribution in [2.75, 3.05) is 20.6 Å². The van der Waals surface area contributed by atoms with Gasteiger partial charge in [-0.3, -0.25) is 10.4 Å². The average Bonchev–Trinajstić information content (AvgIpc) is 1.96. The molecule has 0 fully saturated rings. The fourth-order valence-electron chi connectivity index (χ4n) is 1.04. The van der Waals surface area contributed by atoms with Gasteiger partial charge in [-0.25, -0.2) is 4.79 Å². The Balaban J connectivity index is 3.72. The lowest BCUT2D eigenvalue weighted by Crippen LogP contribution is -2.45. The van der Waals surface area contributed by atoms with Gasteiger partial charge in [-0.2, -0.15) is 0 Å². The molecule has 1 atom stereocenters. The maximum absolute atomic E-state index is 11.3. The minimum Gasteiger partial charge on any atom is -0.444 e. The van der Waals surface area contributed by atoms with E-state index in [0.29, 0.717) is 6.54 Å². The third-order valence-corrected chi connectivity index (χ3v) is 1.43. The smallest absolute Gasteiger partial charge is 0.407 e. The highest BCUT2D eigenvalue weighted by Crippen LogP contribution is 2.06. The molecular weight excluding hydrogens is 194 g/mol. The van der Waals surface area contributed by atoms with Crippen LogP contribution in [0, 0.1) is 0 Å². The van der Waals surface area contributed by atoms with Crippen LogP contribution in [-0.2, 0) is 4.74 Å². The van der Waals surface area contributed by atoms with Gasteiger partial charge >= 0.3 is 6.09 Å². The minimum absolute atomic E-state index is 0.174. The van der Waals surface area contributed by atoms with E-state index in [1.807, 2.05) is 46.8 Å². The van der Waals surface area contributed by atoms with Crippen LogP contribution in [0.2, 0.25) is 0 Å². The normalized spacial score (nSPS) is 13.8. The van der Waals surface area contributed by atoms with E-state index in [9.17, 15) is 4.79 Å². The van der Waals surface area contributed by atoms with Crippen molar-refractivity contribution in [3.05, 3.63) is 0 Å². The molecule has 15 heavy (non-hydrogen) atoms. The standard InChI is InChI=1S/C10H23N3O2/c1-8(12-13(5)6)7-11-9(14)15-10(2,3)4/h8,12H,7H2,1-6H3,(H,11,14). The second-order valence-corrected chi connectivity index (χ2v) is 4.81. The summed E-state index contributed by atoms with van der Waals surface area (Å²) in [6.07, 6.45) is -0.380. The molecule has 1 amide bonds. The summed E-state index contributed by atoms with van der Waals surface area (Å²) in [6.45, 7) is 8.04. The Labute approximate surface area is 92.1 Å². The molecule has 0 aliphatic heterocycles. The highest BCUT2D eigenvalue weighted by Gasteiger charge is 2.16. The molecule has 0 aliphatic rings. The summed E-state index contributed by atoms with van der Waals surface area (Å²) in [5.41, 5.74) is 2.68. The molecule has 0 heterocycles. The van der Waals surface area contributed by atoms with Crippen molar-refractivity contribution >= 4 is 6.09 Å². The van der Waals surface area contributed by atoms with Crippen LogP contribution in [0.15, 0.2) is 0 Å². The van der Waals surface area contributed by atoms with Gasteiger partial charge in [0.15, 0.2) is 0 Å². The first kappa shape index (κ1) is 14.2. The first-order valence-electron chi connectivity index (χ1n) is 5.11. The molecule has 0 rings (SSSR count). The predicted octanol–water partition coefficient (Wildman–Crippen LogP) is 0.966. The van der Waals surface area contributed by atoms with Gasteiger partial charge in [0.05, 0.1) is 0 Å². The van der Waals surface area contributed by atoms with Gasteiger partial charge in [-0.05, 0) is 27.7 Å². The number of rotatable bonds is 4. The van der Waals surface area contributed by atoms with E-state index in [-0.39, 0.29) is 12.1 Å². The maximum Gasteiger partial charge on any atom is 0.407 e. The molecule has 2 N–H and O–H groups in total.